The van der Waals surface area contributed by atoms with Crippen LogP contribution in [0.15, 0.2) is 126 Å². The number of rotatable bonds is 8. The lowest BCUT2D eigenvalue weighted by atomic mass is 10.0. The Bertz CT molecular complexity index is 1750. The summed E-state index contributed by atoms with van der Waals surface area (Å²) in [6.07, 6.45) is 0. The minimum absolute atomic E-state index is 0.233. The molecule has 3 aromatic carbocycles. The van der Waals surface area contributed by atoms with Gasteiger partial charge in [-0.05, 0) is 98.1 Å². The largest absolute Gasteiger partial charge is 0.486 e. The lowest BCUT2D eigenvalue weighted by molar-refractivity contribution is -0.132. The Balaban J connectivity index is 1.40. The van der Waals surface area contributed by atoms with Gasteiger partial charge in [0.1, 0.15) is 0 Å². The molecule has 0 saturated heterocycles. The Morgan fingerprint density at radius 1 is 0.659 bits per heavy atom. The molecule has 0 spiro atoms. The van der Waals surface area contributed by atoms with Gasteiger partial charge in [-0.3, -0.25) is 4.79 Å². The smallest absolute Gasteiger partial charge is 0.334 e. The molecule has 4 nitrogen and oxygen atoms in total. The van der Waals surface area contributed by atoms with E-state index in [1.165, 1.54) is 9.75 Å². The monoisotopic (exact) mass is 572 g/mol. The van der Waals surface area contributed by atoms with Crippen LogP contribution >= 0.6 is 22.7 Å². The van der Waals surface area contributed by atoms with Crippen molar-refractivity contribution < 1.29 is 9.90 Å². The second-order valence-electron chi connectivity index (χ2n) is 9.52. The first-order valence-electron chi connectivity index (χ1n) is 13.1. The van der Waals surface area contributed by atoms with E-state index in [1.54, 1.807) is 29.6 Å². The molecule has 2 heterocycles. The summed E-state index contributed by atoms with van der Waals surface area (Å²) in [5, 5.41) is 9.35. The van der Waals surface area contributed by atoms with Crippen molar-refractivity contribution in [3.63, 3.8) is 0 Å². The van der Waals surface area contributed by atoms with Crippen LogP contribution in [-0.4, -0.2) is 11.1 Å². The highest BCUT2D eigenvalue weighted by atomic mass is 32.1. The van der Waals surface area contributed by atoms with Crippen LogP contribution in [0.4, 0.5) is 17.1 Å². The topological polar surface area (TPSA) is 44.9 Å². The molecule has 0 unspecified atom stereocenters. The summed E-state index contributed by atoms with van der Waals surface area (Å²) in [5.74, 6) is -1.19. The first-order chi connectivity index (χ1) is 19.9. The summed E-state index contributed by atoms with van der Waals surface area (Å²) in [6, 6.07) is 37.9. The van der Waals surface area contributed by atoms with Crippen LogP contribution in [0.5, 0.6) is 0 Å². The molecule has 1 N–H and O–H groups in total. The fraction of sp³-hybridized carbons (Fsp3) is 0.0857. The number of para-hydroxylation sites is 2. The number of nitrogens with zero attached hydrogens (tertiary/aromatic N) is 2. The van der Waals surface area contributed by atoms with Crippen molar-refractivity contribution in [2.45, 2.75) is 20.8 Å². The number of anilines is 3. The number of hydrogen-bond acceptors (Lipinski definition) is 4. The zero-order valence-electron chi connectivity index (χ0n) is 23.0. The van der Waals surface area contributed by atoms with Gasteiger partial charge in [-0.1, -0.05) is 54.1 Å². The van der Waals surface area contributed by atoms with Gasteiger partial charge in [0, 0.05) is 36.6 Å². The molecule has 5 rings (SSSR count). The van der Waals surface area contributed by atoms with E-state index >= 15 is 0 Å². The number of carboxylic acid groups (broad SMARTS) is 1. The molecule has 0 aliphatic rings. The van der Waals surface area contributed by atoms with Gasteiger partial charge in [0.05, 0.1) is 6.57 Å². The van der Waals surface area contributed by atoms with Crippen molar-refractivity contribution in [2.24, 2.45) is 0 Å². The highest BCUT2D eigenvalue weighted by molar-refractivity contribution is 7.24. The molecule has 0 aliphatic carbocycles. The van der Waals surface area contributed by atoms with E-state index in [1.807, 2.05) is 26.0 Å². The third-order valence-corrected chi connectivity index (χ3v) is 9.59. The van der Waals surface area contributed by atoms with E-state index < -0.39 is 5.97 Å². The molecule has 0 bridgehead atoms. The summed E-state index contributed by atoms with van der Waals surface area (Å²) < 4.78 is 0. The van der Waals surface area contributed by atoms with Crippen molar-refractivity contribution in [3.05, 3.63) is 142 Å². The Hall–Kier alpha value is -4.70. The SMILES string of the molecule is [C-]#[N+]/C(C(=O)O)=C(C)\C(C)=C(/C)c1ccc(-c2ccc(-c3ccc(N(c4ccccc4)c4ccccc4)cc3)s2)s1. The second-order valence-corrected chi connectivity index (χ2v) is 11.7. The Kier molecular flexibility index (Phi) is 8.30. The molecule has 0 radical (unpaired) electrons. The first-order valence-corrected chi connectivity index (χ1v) is 14.7. The van der Waals surface area contributed by atoms with Gasteiger partial charge in [0.25, 0.3) is 5.70 Å². The van der Waals surface area contributed by atoms with Crippen molar-refractivity contribution in [2.75, 3.05) is 4.90 Å². The van der Waals surface area contributed by atoms with Crippen LogP contribution in [0.3, 0.4) is 0 Å². The average molecular weight is 573 g/mol. The number of carboxylic acids is 1. The lowest BCUT2D eigenvalue weighted by Crippen LogP contribution is -2.09. The summed E-state index contributed by atoms with van der Waals surface area (Å²) >= 11 is 3.43. The number of carbonyl (C=O) groups is 1. The van der Waals surface area contributed by atoms with E-state index in [-0.39, 0.29) is 5.70 Å². The molecular weight excluding hydrogens is 545 g/mol. The third-order valence-electron chi connectivity index (χ3n) is 7.06. The Labute approximate surface area is 248 Å². The van der Waals surface area contributed by atoms with Gasteiger partial charge in [-0.15, -0.1) is 22.7 Å². The molecule has 0 aliphatic heterocycles. The van der Waals surface area contributed by atoms with Crippen LogP contribution in [0.25, 0.3) is 30.6 Å². The minimum atomic E-state index is -1.19. The summed E-state index contributed by atoms with van der Waals surface area (Å²) in [4.78, 5) is 21.5. The first kappa shape index (κ1) is 27.9. The van der Waals surface area contributed by atoms with Crippen LogP contribution in [-0.2, 0) is 4.79 Å². The van der Waals surface area contributed by atoms with Crippen LogP contribution in [0.1, 0.15) is 25.6 Å². The van der Waals surface area contributed by atoms with E-state index in [0.717, 1.165) is 43.5 Å². The number of thiophene rings is 2. The molecule has 5 aromatic rings. The molecule has 0 saturated carbocycles. The van der Waals surface area contributed by atoms with E-state index in [9.17, 15) is 9.90 Å². The van der Waals surface area contributed by atoms with E-state index in [0.29, 0.717) is 5.57 Å². The van der Waals surface area contributed by atoms with E-state index in [4.69, 9.17) is 6.57 Å². The van der Waals surface area contributed by atoms with Gasteiger partial charge in [-0.2, -0.15) is 0 Å². The molecular formula is C35H28N2O2S2. The van der Waals surface area contributed by atoms with Gasteiger partial charge in [0.15, 0.2) is 0 Å². The Morgan fingerprint density at radius 2 is 1.17 bits per heavy atom. The van der Waals surface area contributed by atoms with E-state index in [2.05, 4.69) is 107 Å². The lowest BCUT2D eigenvalue weighted by Gasteiger charge is -2.25. The highest BCUT2D eigenvalue weighted by Crippen LogP contribution is 2.41. The highest BCUT2D eigenvalue weighted by Gasteiger charge is 2.16. The molecule has 202 valence electrons. The van der Waals surface area contributed by atoms with Crippen molar-refractivity contribution in [1.29, 1.82) is 0 Å². The fourth-order valence-corrected chi connectivity index (χ4v) is 6.77. The molecule has 0 atom stereocenters. The zero-order valence-corrected chi connectivity index (χ0v) is 24.6. The maximum absolute atomic E-state index is 11.4. The normalized spacial score (nSPS) is 12.2. The molecule has 41 heavy (non-hydrogen) atoms. The van der Waals surface area contributed by atoms with Gasteiger partial charge in [-0.25, -0.2) is 4.85 Å². The number of allylic oxidation sites excluding steroid dienone is 3. The zero-order chi connectivity index (χ0) is 28.9. The summed E-state index contributed by atoms with van der Waals surface area (Å²) in [6.45, 7) is 12.8. The number of benzene rings is 3. The second kappa shape index (κ2) is 12.2. The van der Waals surface area contributed by atoms with Crippen LogP contribution in [0.2, 0.25) is 0 Å². The summed E-state index contributed by atoms with van der Waals surface area (Å²) in [7, 11) is 0. The average Bonchev–Trinajstić information content (AvgIpc) is 3.69. The molecule has 0 fully saturated rings. The fourth-order valence-electron chi connectivity index (χ4n) is 4.61. The van der Waals surface area contributed by atoms with Crippen LogP contribution in [0, 0.1) is 6.57 Å². The van der Waals surface area contributed by atoms with Crippen LogP contribution < -0.4 is 4.90 Å². The van der Waals surface area contributed by atoms with Gasteiger partial charge < -0.3 is 10.0 Å². The quantitative estimate of drug-likeness (QED) is 0.114. The van der Waals surface area contributed by atoms with Gasteiger partial charge >= 0.3 is 5.97 Å². The predicted molar refractivity (Wildman–Crippen MR) is 173 cm³/mol. The van der Waals surface area contributed by atoms with Gasteiger partial charge in [0.2, 0.25) is 0 Å². The standard InChI is InChI=1S/C35H28N2O2S2/c1-23(25(3)34(36-4)35(38)39)24(2)30-19-21-32(40-30)33-22-20-31(41-33)26-15-17-29(18-16-26)37(27-11-7-5-8-12-27)28-13-9-6-10-14-28/h5-22H,1-3H3,(H,38,39)/b24-23+,34-25-. The minimum Gasteiger partial charge on any atom is -0.486 e. The summed E-state index contributed by atoms with van der Waals surface area (Å²) in [5.41, 5.74) is 6.54. The molecule has 0 amide bonds. The maximum atomic E-state index is 11.4. The molecule has 6 heteroatoms. The Morgan fingerprint density at radius 3 is 1.73 bits per heavy atom. The van der Waals surface area contributed by atoms with Crippen molar-refractivity contribution in [1.82, 2.24) is 0 Å². The number of hydrogen-bond donors (Lipinski definition) is 1. The van der Waals surface area contributed by atoms with Crippen molar-refractivity contribution >= 4 is 51.3 Å². The third kappa shape index (κ3) is 5.92. The van der Waals surface area contributed by atoms with Crippen molar-refractivity contribution in [3.8, 4) is 20.2 Å². The predicted octanol–water partition coefficient (Wildman–Crippen LogP) is 10.7. The molecule has 2 aromatic heterocycles. The maximum Gasteiger partial charge on any atom is 0.334 e. The number of aliphatic carboxylic acids is 1.